The minimum Gasteiger partial charge on any atom is -0.469 e. The van der Waals surface area contributed by atoms with Crippen LogP contribution in [0, 0.1) is 53.4 Å². The largest absolute Gasteiger partial charge is 0.469 e. The van der Waals surface area contributed by atoms with Crippen LogP contribution in [0.2, 0.25) is 0 Å². The fourth-order valence-electron chi connectivity index (χ4n) is 4.93. The third-order valence-electron chi connectivity index (χ3n) is 6.22. The number of benzene rings is 2. The third-order valence-corrected chi connectivity index (χ3v) is 6.22. The van der Waals surface area contributed by atoms with E-state index >= 15 is 0 Å². The number of carbonyl (C=O) groups is 4. The molecule has 2 aromatic carbocycles. The lowest BCUT2D eigenvalue weighted by atomic mass is 9.80. The summed E-state index contributed by atoms with van der Waals surface area (Å²) in [4.78, 5) is 52.1. The molecule has 0 fully saturated rings. The van der Waals surface area contributed by atoms with Crippen molar-refractivity contribution >= 4 is 23.5 Å². The van der Waals surface area contributed by atoms with E-state index in [0.717, 1.165) is 33.4 Å². The number of esters is 2. The number of hydrogen-bond acceptors (Lipinski definition) is 6. The van der Waals surface area contributed by atoms with Crippen molar-refractivity contribution in [3.63, 3.8) is 0 Å². The van der Waals surface area contributed by atoms with Gasteiger partial charge in [-0.3, -0.25) is 19.2 Å². The van der Waals surface area contributed by atoms with Gasteiger partial charge >= 0.3 is 11.9 Å². The van der Waals surface area contributed by atoms with Crippen molar-refractivity contribution in [3.05, 3.63) is 68.8 Å². The summed E-state index contributed by atoms with van der Waals surface area (Å²) in [7, 11) is 2.40. The fourth-order valence-corrected chi connectivity index (χ4v) is 4.93. The lowest BCUT2D eigenvalue weighted by Gasteiger charge is -2.23. The van der Waals surface area contributed by atoms with Crippen molar-refractivity contribution in [3.8, 4) is 0 Å². The third kappa shape index (κ3) is 5.99. The van der Waals surface area contributed by atoms with Crippen LogP contribution in [0.25, 0.3) is 0 Å². The summed E-state index contributed by atoms with van der Waals surface area (Å²) < 4.78 is 9.89. The Hall–Kier alpha value is -3.28. The number of methoxy groups -OCH3 is 2. The quantitative estimate of drug-likeness (QED) is 0.383. The van der Waals surface area contributed by atoms with Crippen LogP contribution in [0.1, 0.15) is 66.9 Å². The number of rotatable bonds is 9. The van der Waals surface area contributed by atoms with E-state index in [0.29, 0.717) is 11.1 Å². The summed E-state index contributed by atoms with van der Waals surface area (Å²) in [6.07, 6.45) is -0.535. The molecule has 0 saturated carbocycles. The van der Waals surface area contributed by atoms with Crippen molar-refractivity contribution in [1.29, 1.82) is 0 Å². The molecule has 0 aromatic heterocycles. The first kappa shape index (κ1) is 27.0. The highest BCUT2D eigenvalue weighted by molar-refractivity contribution is 6.03. The molecule has 0 spiro atoms. The number of Topliss-reactive ketones (excluding diaryl/α,β-unsaturated/α-hetero) is 2. The van der Waals surface area contributed by atoms with Gasteiger partial charge in [0.25, 0.3) is 0 Å². The van der Waals surface area contributed by atoms with Crippen molar-refractivity contribution in [1.82, 2.24) is 0 Å². The Balaban J connectivity index is 2.46. The van der Waals surface area contributed by atoms with Crippen LogP contribution in [0.4, 0.5) is 0 Å². The van der Waals surface area contributed by atoms with E-state index in [4.69, 9.17) is 9.47 Å². The molecule has 0 aliphatic carbocycles. The van der Waals surface area contributed by atoms with E-state index in [-0.39, 0.29) is 24.4 Å². The van der Waals surface area contributed by atoms with Crippen molar-refractivity contribution in [2.45, 2.75) is 54.4 Å². The average molecular weight is 467 g/mol. The van der Waals surface area contributed by atoms with Gasteiger partial charge in [-0.15, -0.1) is 0 Å². The minimum atomic E-state index is -1.15. The van der Waals surface area contributed by atoms with Gasteiger partial charge in [-0.1, -0.05) is 35.4 Å². The van der Waals surface area contributed by atoms with Crippen LogP contribution in [-0.2, 0) is 19.1 Å². The van der Waals surface area contributed by atoms with Gasteiger partial charge in [0.1, 0.15) is 0 Å². The highest BCUT2D eigenvalue weighted by Crippen LogP contribution is 2.29. The predicted octanol–water partition coefficient (Wildman–Crippen LogP) is 4.96. The summed E-state index contributed by atoms with van der Waals surface area (Å²) in [5.74, 6) is -4.32. The highest BCUT2D eigenvalue weighted by atomic mass is 16.5. The standard InChI is InChI=1S/C28H34O6/c1-15-9-17(3)25(18(4)10-15)23(29)13-21(27(31)33-7)22(28(32)34-8)14-24(30)26-19(5)11-16(2)12-20(26)6/h9-12,21-22H,13-14H2,1-8H3. The molecular weight excluding hydrogens is 432 g/mol. The molecule has 0 aliphatic heterocycles. The Morgan fingerprint density at radius 2 is 0.853 bits per heavy atom. The lowest BCUT2D eigenvalue weighted by molar-refractivity contribution is -0.157. The number of hydrogen-bond donors (Lipinski definition) is 0. The molecule has 0 saturated heterocycles. The molecule has 0 aliphatic rings. The summed E-state index contributed by atoms with van der Waals surface area (Å²) >= 11 is 0. The summed E-state index contributed by atoms with van der Waals surface area (Å²) in [5, 5.41) is 0. The number of carbonyl (C=O) groups excluding carboxylic acids is 4. The maximum Gasteiger partial charge on any atom is 0.310 e. The SMILES string of the molecule is COC(=O)C(CC(=O)c1c(C)cc(C)cc1C)C(CC(=O)c1c(C)cc(C)cc1C)C(=O)OC. The molecule has 0 heterocycles. The van der Waals surface area contributed by atoms with E-state index in [1.165, 1.54) is 14.2 Å². The zero-order chi connectivity index (χ0) is 25.7. The van der Waals surface area contributed by atoms with Crippen molar-refractivity contribution < 1.29 is 28.7 Å². The maximum absolute atomic E-state index is 13.3. The van der Waals surface area contributed by atoms with Crippen LogP contribution < -0.4 is 0 Å². The van der Waals surface area contributed by atoms with Crippen molar-refractivity contribution in [2.24, 2.45) is 11.8 Å². The molecule has 2 aromatic rings. The van der Waals surface area contributed by atoms with Crippen molar-refractivity contribution in [2.75, 3.05) is 14.2 Å². The summed E-state index contributed by atoms with van der Waals surface area (Å²) in [5.41, 5.74) is 6.26. The second-order valence-corrected chi connectivity index (χ2v) is 9.06. The highest BCUT2D eigenvalue weighted by Gasteiger charge is 2.39. The molecule has 0 radical (unpaired) electrons. The van der Waals surface area contributed by atoms with E-state index in [9.17, 15) is 19.2 Å². The molecule has 34 heavy (non-hydrogen) atoms. The zero-order valence-corrected chi connectivity index (χ0v) is 21.3. The van der Waals surface area contributed by atoms with Gasteiger partial charge in [-0.05, 0) is 63.8 Å². The van der Waals surface area contributed by atoms with Gasteiger partial charge in [-0.2, -0.15) is 0 Å². The number of ketones is 2. The molecule has 182 valence electrons. The molecule has 0 amide bonds. The minimum absolute atomic E-state index is 0.268. The average Bonchev–Trinajstić information content (AvgIpc) is 2.73. The maximum atomic E-state index is 13.3. The first-order chi connectivity index (χ1) is 15.9. The van der Waals surface area contributed by atoms with E-state index in [1.807, 2.05) is 65.8 Å². The number of ether oxygens (including phenoxy) is 2. The monoisotopic (exact) mass is 466 g/mol. The Bertz CT molecular complexity index is 992. The summed E-state index contributed by atoms with van der Waals surface area (Å²) in [6, 6.07) is 7.60. The Morgan fingerprint density at radius 3 is 1.09 bits per heavy atom. The molecule has 6 heteroatoms. The van der Waals surface area contributed by atoms with Crippen LogP contribution in [0.15, 0.2) is 24.3 Å². The normalized spacial score (nSPS) is 12.6. The fraction of sp³-hybridized carbons (Fsp3) is 0.429. The molecule has 2 rings (SSSR count). The predicted molar refractivity (Wildman–Crippen MR) is 130 cm³/mol. The van der Waals surface area contributed by atoms with E-state index < -0.39 is 23.8 Å². The molecular formula is C28H34O6. The van der Waals surface area contributed by atoms with Crippen LogP contribution in [0.5, 0.6) is 0 Å². The topological polar surface area (TPSA) is 86.7 Å². The lowest BCUT2D eigenvalue weighted by Crippen LogP contribution is -2.35. The van der Waals surface area contributed by atoms with Crippen LogP contribution in [-0.4, -0.2) is 37.7 Å². The first-order valence-electron chi connectivity index (χ1n) is 11.3. The number of aryl methyl sites for hydroxylation is 6. The second kappa shape index (κ2) is 11.2. The van der Waals surface area contributed by atoms with Gasteiger partial charge in [0, 0.05) is 24.0 Å². The first-order valence-corrected chi connectivity index (χ1v) is 11.3. The molecule has 0 N–H and O–H groups in total. The Kier molecular flexibility index (Phi) is 8.91. The molecule has 6 nitrogen and oxygen atoms in total. The molecule has 2 unspecified atom stereocenters. The second-order valence-electron chi connectivity index (χ2n) is 9.06. The van der Waals surface area contributed by atoms with E-state index in [1.54, 1.807) is 0 Å². The van der Waals surface area contributed by atoms with Gasteiger partial charge in [0.2, 0.25) is 0 Å². The molecule has 0 bridgehead atoms. The zero-order valence-electron chi connectivity index (χ0n) is 21.3. The van der Waals surface area contributed by atoms with Gasteiger partial charge in [0.15, 0.2) is 11.6 Å². The Morgan fingerprint density at radius 1 is 0.588 bits per heavy atom. The molecule has 2 atom stereocenters. The smallest absolute Gasteiger partial charge is 0.310 e. The van der Waals surface area contributed by atoms with Crippen LogP contribution >= 0.6 is 0 Å². The summed E-state index contributed by atoms with van der Waals surface area (Å²) in [6.45, 7) is 11.2. The van der Waals surface area contributed by atoms with Gasteiger partial charge in [0.05, 0.1) is 26.1 Å². The Labute approximate surface area is 201 Å². The van der Waals surface area contributed by atoms with E-state index in [2.05, 4.69) is 0 Å². The van der Waals surface area contributed by atoms with Gasteiger partial charge in [-0.25, -0.2) is 0 Å². The van der Waals surface area contributed by atoms with Gasteiger partial charge < -0.3 is 9.47 Å². The van der Waals surface area contributed by atoms with Crippen LogP contribution in [0.3, 0.4) is 0 Å².